The molecule has 2 fully saturated rings. The molecule has 0 bridgehead atoms. The molecular weight excluding hydrogens is 736 g/mol. The summed E-state index contributed by atoms with van der Waals surface area (Å²) in [5, 5.41) is 113. The summed E-state index contributed by atoms with van der Waals surface area (Å²) in [6, 6.07) is 10.7. The standard InChI is InChI=1S/C36H36O19/c37-12-22-26(45)29(48)33(53-24(44)8-2-14-1-7-18(41)19(42)9-14)35(51-22)55-34-30(49)27(46)23(13-38)52-36(34)54-32-28(47)25-20(43)10-17(40)11-21(25)50-31(32)15-3-5-16(39)6-4-15/h1-11,22-23,26-27,29-30,33-43,45-46,48-49H,12-13H2/b8-2+/t22-,23-,26-,27-,29+,30+,33-,34-,35+,36+/m1/s1. The molecule has 294 valence electrons. The Bertz CT molecular complexity index is 2100. The van der Waals surface area contributed by atoms with Crippen LogP contribution < -0.4 is 10.2 Å². The number of hydrogen-bond acceptors (Lipinski definition) is 19. The van der Waals surface area contributed by atoms with E-state index in [0.717, 1.165) is 30.3 Å². The van der Waals surface area contributed by atoms with Gasteiger partial charge in [-0.2, -0.15) is 0 Å². The van der Waals surface area contributed by atoms with E-state index in [9.17, 15) is 65.8 Å². The van der Waals surface area contributed by atoms with Gasteiger partial charge in [-0.05, 0) is 48.0 Å². The molecule has 19 nitrogen and oxygen atoms in total. The fraction of sp³-hybridized carbons (Fsp3) is 0.333. The smallest absolute Gasteiger partial charge is 0.331 e. The van der Waals surface area contributed by atoms with E-state index >= 15 is 0 Å². The number of aliphatic hydroxyl groups excluding tert-OH is 6. The van der Waals surface area contributed by atoms with Crippen molar-refractivity contribution in [1.82, 2.24) is 0 Å². The van der Waals surface area contributed by atoms with E-state index in [-0.39, 0.29) is 28.2 Å². The van der Waals surface area contributed by atoms with Crippen molar-refractivity contribution in [2.24, 2.45) is 0 Å². The highest BCUT2D eigenvalue weighted by molar-refractivity contribution is 5.88. The topological polar surface area (TPSA) is 316 Å². The molecule has 3 aromatic carbocycles. The summed E-state index contributed by atoms with van der Waals surface area (Å²) in [4.78, 5) is 26.9. The molecule has 0 unspecified atom stereocenters. The Hall–Kier alpha value is -5.48. The van der Waals surface area contributed by atoms with E-state index in [0.29, 0.717) is 0 Å². The van der Waals surface area contributed by atoms with Crippen LogP contribution in [-0.4, -0.2) is 137 Å². The molecule has 0 amide bonds. The second kappa shape index (κ2) is 16.1. The maximum Gasteiger partial charge on any atom is 0.331 e. The van der Waals surface area contributed by atoms with Gasteiger partial charge in [0.05, 0.1) is 13.2 Å². The number of phenolic OH excluding ortho intramolecular Hbond substituents is 5. The summed E-state index contributed by atoms with van der Waals surface area (Å²) in [6.45, 7) is -1.79. The Labute approximate surface area is 308 Å². The molecule has 19 heteroatoms. The lowest BCUT2D eigenvalue weighted by atomic mass is 9.97. The van der Waals surface area contributed by atoms with Crippen molar-refractivity contribution in [3.8, 4) is 45.8 Å². The summed E-state index contributed by atoms with van der Waals surface area (Å²) in [7, 11) is 0. The predicted molar refractivity (Wildman–Crippen MR) is 183 cm³/mol. The predicted octanol–water partition coefficient (Wildman–Crippen LogP) is -0.745. The average molecular weight is 773 g/mol. The molecule has 4 aromatic rings. The van der Waals surface area contributed by atoms with Gasteiger partial charge >= 0.3 is 5.97 Å². The van der Waals surface area contributed by atoms with Gasteiger partial charge in [-0.15, -0.1) is 0 Å². The molecule has 2 saturated heterocycles. The first kappa shape index (κ1) is 39.2. The number of esters is 1. The van der Waals surface area contributed by atoms with Crippen LogP contribution in [-0.2, 0) is 23.7 Å². The number of hydrogen-bond donors (Lipinski definition) is 11. The Morgan fingerprint density at radius 1 is 0.709 bits per heavy atom. The maximum atomic E-state index is 14.0. The summed E-state index contributed by atoms with van der Waals surface area (Å²) in [6.07, 6.45) is -16.8. The molecule has 0 aliphatic carbocycles. The van der Waals surface area contributed by atoms with Crippen LogP contribution in [0.15, 0.2) is 69.9 Å². The molecule has 10 atom stereocenters. The Morgan fingerprint density at radius 2 is 1.35 bits per heavy atom. The number of fused-ring (bicyclic) bond motifs is 1. The van der Waals surface area contributed by atoms with E-state index in [4.69, 9.17) is 28.1 Å². The number of ether oxygens (including phenoxy) is 5. The van der Waals surface area contributed by atoms with Crippen molar-refractivity contribution < 1.29 is 89.1 Å². The van der Waals surface area contributed by atoms with Gasteiger partial charge in [0.1, 0.15) is 64.8 Å². The maximum absolute atomic E-state index is 14.0. The van der Waals surface area contributed by atoms with Crippen LogP contribution in [0.3, 0.4) is 0 Å². The monoisotopic (exact) mass is 772 g/mol. The highest BCUT2D eigenvalue weighted by atomic mass is 16.8. The lowest BCUT2D eigenvalue weighted by molar-refractivity contribution is -0.358. The van der Waals surface area contributed by atoms with Gasteiger partial charge in [0, 0.05) is 23.8 Å². The van der Waals surface area contributed by atoms with Gasteiger partial charge in [-0.1, -0.05) is 6.07 Å². The molecule has 2 aliphatic heterocycles. The second-order valence-electron chi connectivity index (χ2n) is 12.6. The fourth-order valence-corrected chi connectivity index (χ4v) is 6.02. The number of carbonyl (C=O) groups excluding carboxylic acids is 1. The normalized spacial score (nSPS) is 28.3. The molecule has 2 aliphatic rings. The molecule has 3 heterocycles. The zero-order chi connectivity index (χ0) is 39.7. The quantitative estimate of drug-likeness (QED) is 0.0537. The largest absolute Gasteiger partial charge is 0.508 e. The van der Waals surface area contributed by atoms with Gasteiger partial charge in [0.25, 0.3) is 0 Å². The molecule has 0 spiro atoms. The Kier molecular flexibility index (Phi) is 11.5. The minimum atomic E-state index is -2.05. The highest BCUT2D eigenvalue weighted by Gasteiger charge is 2.53. The van der Waals surface area contributed by atoms with Crippen molar-refractivity contribution in [2.75, 3.05) is 13.2 Å². The Balaban J connectivity index is 1.37. The van der Waals surface area contributed by atoms with Crippen molar-refractivity contribution >= 4 is 23.0 Å². The van der Waals surface area contributed by atoms with E-state index in [1.54, 1.807) is 0 Å². The number of benzene rings is 3. The van der Waals surface area contributed by atoms with Gasteiger partial charge in [-0.25, -0.2) is 4.79 Å². The highest BCUT2D eigenvalue weighted by Crippen LogP contribution is 2.38. The first-order valence-electron chi connectivity index (χ1n) is 16.5. The van der Waals surface area contributed by atoms with Gasteiger partial charge in [0.2, 0.25) is 17.5 Å². The van der Waals surface area contributed by atoms with Crippen molar-refractivity contribution in [3.63, 3.8) is 0 Å². The zero-order valence-electron chi connectivity index (χ0n) is 28.2. The third-order valence-electron chi connectivity index (χ3n) is 8.89. The summed E-state index contributed by atoms with van der Waals surface area (Å²) in [5.74, 6) is -4.44. The van der Waals surface area contributed by atoms with E-state index < -0.39 is 120 Å². The van der Waals surface area contributed by atoms with Crippen molar-refractivity contribution in [3.05, 3.63) is 76.5 Å². The van der Waals surface area contributed by atoms with Crippen LogP contribution in [0.1, 0.15) is 5.56 Å². The van der Waals surface area contributed by atoms with Crippen LogP contribution in [0, 0.1) is 0 Å². The minimum Gasteiger partial charge on any atom is -0.508 e. The van der Waals surface area contributed by atoms with Crippen LogP contribution in [0.25, 0.3) is 28.4 Å². The molecule has 6 rings (SSSR count). The molecule has 1 aromatic heterocycles. The van der Waals surface area contributed by atoms with Crippen LogP contribution in [0.2, 0.25) is 0 Å². The van der Waals surface area contributed by atoms with Gasteiger partial charge in [0.15, 0.2) is 35.8 Å². The summed E-state index contributed by atoms with van der Waals surface area (Å²) >= 11 is 0. The number of phenols is 5. The van der Waals surface area contributed by atoms with E-state index in [1.165, 1.54) is 36.4 Å². The number of aromatic hydroxyl groups is 5. The van der Waals surface area contributed by atoms with Gasteiger partial charge in [-0.3, -0.25) is 4.79 Å². The number of carbonyl (C=O) groups is 1. The zero-order valence-corrected chi connectivity index (χ0v) is 28.2. The van der Waals surface area contributed by atoms with E-state index in [2.05, 4.69) is 0 Å². The Morgan fingerprint density at radius 3 is 1.98 bits per heavy atom. The minimum absolute atomic E-state index is 0.114. The number of aliphatic hydroxyl groups is 6. The van der Waals surface area contributed by atoms with Gasteiger partial charge < -0.3 is 84.3 Å². The summed E-state index contributed by atoms with van der Waals surface area (Å²) in [5.41, 5.74) is -0.981. The molecular formula is C36H36O19. The molecule has 11 N–H and O–H groups in total. The van der Waals surface area contributed by atoms with Crippen LogP contribution >= 0.6 is 0 Å². The summed E-state index contributed by atoms with van der Waals surface area (Å²) < 4.78 is 34.5. The van der Waals surface area contributed by atoms with Crippen LogP contribution in [0.5, 0.6) is 34.5 Å². The fourth-order valence-electron chi connectivity index (χ4n) is 6.02. The van der Waals surface area contributed by atoms with Crippen LogP contribution in [0.4, 0.5) is 0 Å². The lowest BCUT2D eigenvalue weighted by Gasteiger charge is -2.46. The third-order valence-corrected chi connectivity index (χ3v) is 8.89. The molecule has 0 saturated carbocycles. The molecule has 0 radical (unpaired) electrons. The SMILES string of the molecule is O=C(/C=C/c1ccc(O)c(O)c1)O[C@H]1[C@H](O[C@H]2[C@H](Oc3c(-c4ccc(O)cc4)oc4cc(O)cc(O)c4c3=O)O[C@H](CO)[C@@H](O)[C@@H]2O)O[C@H](CO)[C@@H](O)[C@@H]1O. The average Bonchev–Trinajstić information content (AvgIpc) is 3.15. The van der Waals surface area contributed by atoms with Crippen molar-refractivity contribution in [2.45, 2.75) is 61.4 Å². The lowest BCUT2D eigenvalue weighted by Crippen LogP contribution is -2.65. The first-order valence-corrected chi connectivity index (χ1v) is 16.5. The van der Waals surface area contributed by atoms with E-state index in [1.807, 2.05) is 0 Å². The second-order valence-corrected chi connectivity index (χ2v) is 12.6. The molecule has 55 heavy (non-hydrogen) atoms. The van der Waals surface area contributed by atoms with Crippen molar-refractivity contribution in [1.29, 1.82) is 0 Å². The first-order chi connectivity index (χ1) is 26.2. The number of rotatable bonds is 10. The third kappa shape index (κ3) is 8.01.